The van der Waals surface area contributed by atoms with Crippen molar-refractivity contribution in [3.05, 3.63) is 22.4 Å². The van der Waals surface area contributed by atoms with Crippen LogP contribution in [0.3, 0.4) is 0 Å². The molecule has 24 heavy (non-hydrogen) atoms. The van der Waals surface area contributed by atoms with Gasteiger partial charge in [-0.3, -0.25) is 14.5 Å². The molecule has 0 radical (unpaired) electrons. The minimum absolute atomic E-state index is 0.123. The molecule has 1 aromatic heterocycles. The summed E-state index contributed by atoms with van der Waals surface area (Å²) in [5.41, 5.74) is 1.20. The Kier molecular flexibility index (Phi) is 7.68. The van der Waals surface area contributed by atoms with E-state index in [1.807, 2.05) is 6.92 Å². The van der Waals surface area contributed by atoms with E-state index < -0.39 is 11.8 Å². The highest BCUT2D eigenvalue weighted by atomic mass is 32.1. The summed E-state index contributed by atoms with van der Waals surface area (Å²) in [6.45, 7) is 7.03. The van der Waals surface area contributed by atoms with E-state index in [0.717, 1.165) is 39.0 Å². The van der Waals surface area contributed by atoms with Crippen molar-refractivity contribution >= 4 is 23.2 Å². The Bertz CT molecular complexity index is 513. The van der Waals surface area contributed by atoms with Gasteiger partial charge in [0.1, 0.15) is 0 Å². The Hall–Kier alpha value is -1.44. The van der Waals surface area contributed by atoms with Crippen LogP contribution in [0.15, 0.2) is 16.8 Å². The topological polar surface area (TPSA) is 64.7 Å². The highest BCUT2D eigenvalue weighted by molar-refractivity contribution is 7.07. The standard InChI is InChI=1S/C17H28N4O2S/c1-3-4-6-18-16(22)17(23)19-12-15(14-5-11-24-13-14)21-9-7-20(2)8-10-21/h5,11,13,15H,3-4,6-10,12H2,1-2H3,(H,18,22)(H,19,23). The monoisotopic (exact) mass is 352 g/mol. The van der Waals surface area contributed by atoms with Crippen LogP contribution >= 0.6 is 11.3 Å². The Morgan fingerprint density at radius 3 is 2.54 bits per heavy atom. The predicted molar refractivity (Wildman–Crippen MR) is 97.1 cm³/mol. The number of rotatable bonds is 7. The molecule has 1 aliphatic heterocycles. The van der Waals surface area contributed by atoms with Crippen LogP contribution in [-0.4, -0.2) is 67.9 Å². The van der Waals surface area contributed by atoms with Crippen molar-refractivity contribution in [2.24, 2.45) is 0 Å². The highest BCUT2D eigenvalue weighted by Gasteiger charge is 2.25. The van der Waals surface area contributed by atoms with Crippen LogP contribution in [0.25, 0.3) is 0 Å². The third kappa shape index (κ3) is 5.58. The van der Waals surface area contributed by atoms with E-state index in [-0.39, 0.29) is 6.04 Å². The van der Waals surface area contributed by atoms with Crippen LogP contribution in [0.2, 0.25) is 0 Å². The zero-order valence-electron chi connectivity index (χ0n) is 14.6. The van der Waals surface area contributed by atoms with Gasteiger partial charge in [-0.1, -0.05) is 13.3 Å². The van der Waals surface area contributed by atoms with Gasteiger partial charge >= 0.3 is 11.8 Å². The third-order valence-electron chi connectivity index (χ3n) is 4.38. The lowest BCUT2D eigenvalue weighted by Crippen LogP contribution is -2.49. The minimum atomic E-state index is -0.541. The molecule has 2 heterocycles. The zero-order valence-corrected chi connectivity index (χ0v) is 15.4. The number of amides is 2. The third-order valence-corrected chi connectivity index (χ3v) is 5.09. The van der Waals surface area contributed by atoms with E-state index in [4.69, 9.17) is 0 Å². The lowest BCUT2D eigenvalue weighted by molar-refractivity contribution is -0.139. The number of nitrogens with one attached hydrogen (secondary N) is 2. The van der Waals surface area contributed by atoms with Gasteiger partial charge in [0, 0.05) is 39.3 Å². The highest BCUT2D eigenvalue weighted by Crippen LogP contribution is 2.23. The Morgan fingerprint density at radius 2 is 1.92 bits per heavy atom. The molecule has 0 bridgehead atoms. The average molecular weight is 353 g/mol. The van der Waals surface area contributed by atoms with E-state index in [1.165, 1.54) is 5.56 Å². The first-order chi connectivity index (χ1) is 11.6. The van der Waals surface area contributed by atoms with Crippen LogP contribution in [0.4, 0.5) is 0 Å². The summed E-state index contributed by atoms with van der Waals surface area (Å²) >= 11 is 1.66. The molecule has 2 rings (SSSR count). The maximum Gasteiger partial charge on any atom is 0.309 e. The van der Waals surface area contributed by atoms with Gasteiger partial charge in [0.25, 0.3) is 0 Å². The van der Waals surface area contributed by atoms with E-state index in [9.17, 15) is 9.59 Å². The van der Waals surface area contributed by atoms with Gasteiger partial charge in [-0.25, -0.2) is 0 Å². The summed E-state index contributed by atoms with van der Waals surface area (Å²) < 4.78 is 0. The number of nitrogens with zero attached hydrogens (tertiary/aromatic N) is 2. The smallest absolute Gasteiger partial charge is 0.309 e. The fourth-order valence-corrected chi connectivity index (χ4v) is 3.49. The fourth-order valence-electron chi connectivity index (χ4n) is 2.78. The summed E-state index contributed by atoms with van der Waals surface area (Å²) in [6.07, 6.45) is 1.88. The number of likely N-dealkylation sites (N-methyl/N-ethyl adjacent to an activating group) is 1. The molecule has 0 aliphatic carbocycles. The van der Waals surface area contributed by atoms with Crippen LogP contribution in [0, 0.1) is 0 Å². The number of carbonyl (C=O) groups is 2. The summed E-state index contributed by atoms with van der Waals surface area (Å²) in [5, 5.41) is 9.64. The molecule has 1 aliphatic rings. The second-order valence-corrected chi connectivity index (χ2v) is 7.01. The molecule has 2 N–H and O–H groups in total. The Morgan fingerprint density at radius 1 is 1.21 bits per heavy atom. The van der Waals surface area contributed by atoms with Crippen molar-refractivity contribution in [2.45, 2.75) is 25.8 Å². The van der Waals surface area contributed by atoms with Gasteiger partial charge in [0.15, 0.2) is 0 Å². The van der Waals surface area contributed by atoms with E-state index in [0.29, 0.717) is 13.1 Å². The fraction of sp³-hybridized carbons (Fsp3) is 0.647. The van der Waals surface area contributed by atoms with Crippen molar-refractivity contribution in [3.63, 3.8) is 0 Å². The number of hydrogen-bond acceptors (Lipinski definition) is 5. The number of hydrogen-bond donors (Lipinski definition) is 2. The molecule has 1 unspecified atom stereocenters. The summed E-state index contributed by atoms with van der Waals surface area (Å²) in [7, 11) is 2.12. The molecule has 0 saturated carbocycles. The van der Waals surface area contributed by atoms with Crippen LogP contribution in [-0.2, 0) is 9.59 Å². The van der Waals surface area contributed by atoms with Gasteiger partial charge in [0.2, 0.25) is 0 Å². The van der Waals surface area contributed by atoms with Gasteiger partial charge in [-0.05, 0) is 35.9 Å². The van der Waals surface area contributed by atoms with Gasteiger partial charge < -0.3 is 15.5 Å². The number of piperazine rings is 1. The zero-order chi connectivity index (χ0) is 17.4. The molecule has 2 amide bonds. The average Bonchev–Trinajstić information content (AvgIpc) is 3.11. The Labute approximate surface area is 148 Å². The Balaban J connectivity index is 1.89. The molecule has 1 saturated heterocycles. The summed E-state index contributed by atoms with van der Waals surface area (Å²) in [6, 6.07) is 2.22. The predicted octanol–water partition coefficient (Wildman–Crippen LogP) is 1.07. The van der Waals surface area contributed by atoms with Crippen LogP contribution < -0.4 is 10.6 Å². The summed E-state index contributed by atoms with van der Waals surface area (Å²) in [4.78, 5) is 28.5. The number of unbranched alkanes of at least 4 members (excludes halogenated alkanes) is 1. The van der Waals surface area contributed by atoms with E-state index in [1.54, 1.807) is 11.3 Å². The van der Waals surface area contributed by atoms with Gasteiger partial charge in [0.05, 0.1) is 6.04 Å². The van der Waals surface area contributed by atoms with Crippen molar-refractivity contribution in [1.29, 1.82) is 0 Å². The number of thiophene rings is 1. The lowest BCUT2D eigenvalue weighted by Gasteiger charge is -2.37. The van der Waals surface area contributed by atoms with Crippen LogP contribution in [0.1, 0.15) is 31.4 Å². The lowest BCUT2D eigenvalue weighted by atomic mass is 10.1. The largest absolute Gasteiger partial charge is 0.348 e. The first-order valence-corrected chi connectivity index (χ1v) is 9.56. The van der Waals surface area contributed by atoms with E-state index >= 15 is 0 Å². The number of carbonyl (C=O) groups excluding carboxylic acids is 2. The van der Waals surface area contributed by atoms with Crippen LogP contribution in [0.5, 0.6) is 0 Å². The molecule has 6 nitrogen and oxygen atoms in total. The first kappa shape index (κ1) is 18.9. The molecule has 134 valence electrons. The van der Waals surface area contributed by atoms with E-state index in [2.05, 4.69) is 44.3 Å². The SMILES string of the molecule is CCCCNC(=O)C(=O)NCC(c1ccsc1)N1CCN(C)CC1. The molecule has 0 spiro atoms. The molecule has 1 aromatic rings. The molecular formula is C17H28N4O2S. The minimum Gasteiger partial charge on any atom is -0.348 e. The van der Waals surface area contributed by atoms with Gasteiger partial charge in [-0.15, -0.1) is 0 Å². The molecule has 1 atom stereocenters. The maximum atomic E-state index is 12.0. The maximum absolute atomic E-state index is 12.0. The molecule has 1 fully saturated rings. The van der Waals surface area contributed by atoms with Crippen molar-refractivity contribution in [2.75, 3.05) is 46.3 Å². The van der Waals surface area contributed by atoms with Crippen molar-refractivity contribution in [1.82, 2.24) is 20.4 Å². The second kappa shape index (κ2) is 9.76. The normalized spacial score (nSPS) is 17.4. The van der Waals surface area contributed by atoms with Crippen molar-refractivity contribution in [3.8, 4) is 0 Å². The quantitative estimate of drug-likeness (QED) is 0.569. The van der Waals surface area contributed by atoms with Gasteiger partial charge in [-0.2, -0.15) is 11.3 Å². The molecule has 7 heteroatoms. The first-order valence-electron chi connectivity index (χ1n) is 8.62. The second-order valence-electron chi connectivity index (χ2n) is 6.23. The molecule has 0 aromatic carbocycles. The van der Waals surface area contributed by atoms with Crippen molar-refractivity contribution < 1.29 is 9.59 Å². The molecular weight excluding hydrogens is 324 g/mol. The summed E-state index contributed by atoms with van der Waals surface area (Å²) in [5.74, 6) is -1.08.